The van der Waals surface area contributed by atoms with Crippen LogP contribution < -0.4 is 0 Å². The van der Waals surface area contributed by atoms with E-state index in [4.69, 9.17) is 0 Å². The van der Waals surface area contributed by atoms with Gasteiger partial charge in [0.25, 0.3) is 0 Å². The van der Waals surface area contributed by atoms with Crippen LogP contribution in [0.4, 0.5) is 0 Å². The smallest absolute Gasteiger partial charge is 0.0231 e. The van der Waals surface area contributed by atoms with Crippen LogP contribution in [0.5, 0.6) is 0 Å². The molecule has 0 nitrogen and oxygen atoms in total. The van der Waals surface area contributed by atoms with E-state index in [1.807, 2.05) is 0 Å². The molecule has 0 heterocycles. The van der Waals surface area contributed by atoms with Crippen LogP contribution in [-0.2, 0) is 0 Å². The topological polar surface area (TPSA) is 0 Å². The Labute approximate surface area is 163 Å². The lowest BCUT2D eigenvalue weighted by Gasteiger charge is -2.57. The third-order valence-corrected chi connectivity index (χ3v) is 10.1. The number of rotatable bonds is 1. The van der Waals surface area contributed by atoms with Crippen LogP contribution in [0.15, 0.2) is 12.2 Å². The van der Waals surface area contributed by atoms with E-state index < -0.39 is 0 Å². The quantitative estimate of drug-likeness (QED) is 0.424. The summed E-state index contributed by atoms with van der Waals surface area (Å²) >= 11 is 0. The van der Waals surface area contributed by atoms with E-state index in [1.54, 1.807) is 5.57 Å². The van der Waals surface area contributed by atoms with Gasteiger partial charge >= 0.3 is 0 Å². The lowest BCUT2D eigenvalue weighted by Crippen LogP contribution is -2.50. The van der Waals surface area contributed by atoms with Crippen LogP contribution in [0.1, 0.15) is 86.0 Å². The Morgan fingerprint density at radius 3 is 1.81 bits per heavy atom. The maximum atomic E-state index is 4.44. The van der Waals surface area contributed by atoms with Gasteiger partial charge in [0.1, 0.15) is 0 Å². The first-order valence-electron chi connectivity index (χ1n) is 12.0. The molecule has 0 heteroatoms. The maximum Gasteiger partial charge on any atom is -0.0231 e. The first-order valence-corrected chi connectivity index (χ1v) is 12.0. The van der Waals surface area contributed by atoms with Gasteiger partial charge in [-0.3, -0.25) is 0 Å². The summed E-state index contributed by atoms with van der Waals surface area (Å²) in [7, 11) is 0. The molecule has 0 bridgehead atoms. The first kappa shape index (κ1) is 19.1. The molecular formula is C26H44. The van der Waals surface area contributed by atoms with Gasteiger partial charge in [-0.25, -0.2) is 0 Å². The average Bonchev–Trinajstić information content (AvgIpc) is 2.59. The SMILES string of the molecule is C=C1CC2CCC(C)C(C3C(C)CCC4CC(C)C(C)CC43)C2CC1C. The van der Waals surface area contributed by atoms with Gasteiger partial charge in [0.05, 0.1) is 0 Å². The second-order valence-corrected chi connectivity index (χ2v) is 11.5. The van der Waals surface area contributed by atoms with E-state index in [-0.39, 0.29) is 0 Å². The van der Waals surface area contributed by atoms with Crippen LogP contribution >= 0.6 is 0 Å². The summed E-state index contributed by atoms with van der Waals surface area (Å²) in [6.45, 7) is 17.2. The molecule has 11 atom stereocenters. The summed E-state index contributed by atoms with van der Waals surface area (Å²) < 4.78 is 0. The molecule has 26 heavy (non-hydrogen) atoms. The van der Waals surface area contributed by atoms with Crippen LogP contribution in [0, 0.1) is 65.1 Å². The Morgan fingerprint density at radius 1 is 0.615 bits per heavy atom. The van der Waals surface area contributed by atoms with Crippen molar-refractivity contribution in [3.8, 4) is 0 Å². The average molecular weight is 357 g/mol. The Kier molecular flexibility index (Phi) is 5.35. The number of allylic oxidation sites excluding steroid dienone is 1. The number of hydrogen-bond acceptors (Lipinski definition) is 0. The molecule has 0 amide bonds. The summed E-state index contributed by atoms with van der Waals surface area (Å²) in [5.74, 6) is 10.7. The van der Waals surface area contributed by atoms with Crippen molar-refractivity contribution in [2.75, 3.05) is 0 Å². The summed E-state index contributed by atoms with van der Waals surface area (Å²) in [4.78, 5) is 0. The fourth-order valence-electron chi connectivity index (χ4n) is 8.30. The lowest BCUT2D eigenvalue weighted by molar-refractivity contribution is -0.0737. The van der Waals surface area contributed by atoms with E-state index in [1.165, 1.54) is 51.4 Å². The Hall–Kier alpha value is -0.260. The van der Waals surface area contributed by atoms with E-state index in [9.17, 15) is 0 Å². The summed E-state index contributed by atoms with van der Waals surface area (Å²) in [5.41, 5.74) is 1.56. The Morgan fingerprint density at radius 2 is 1.15 bits per heavy atom. The van der Waals surface area contributed by atoms with Crippen molar-refractivity contribution >= 4 is 0 Å². The van der Waals surface area contributed by atoms with Crippen LogP contribution in [0.25, 0.3) is 0 Å². The van der Waals surface area contributed by atoms with Crippen LogP contribution in [0.3, 0.4) is 0 Å². The molecule has 0 N–H and O–H groups in total. The third-order valence-electron chi connectivity index (χ3n) is 10.1. The zero-order chi connectivity index (χ0) is 18.6. The molecule has 4 fully saturated rings. The molecule has 0 aromatic carbocycles. The van der Waals surface area contributed by atoms with Gasteiger partial charge in [-0.2, -0.15) is 0 Å². The van der Waals surface area contributed by atoms with Crippen molar-refractivity contribution < 1.29 is 0 Å². The van der Waals surface area contributed by atoms with Crippen LogP contribution in [-0.4, -0.2) is 0 Å². The number of hydrogen-bond donors (Lipinski definition) is 0. The Balaban J connectivity index is 1.62. The highest BCUT2D eigenvalue weighted by molar-refractivity contribution is 5.10. The minimum Gasteiger partial charge on any atom is -0.0996 e. The Bertz CT molecular complexity index is 518. The molecule has 4 saturated carbocycles. The molecule has 0 aliphatic heterocycles. The molecule has 4 aliphatic carbocycles. The normalized spacial score (nSPS) is 55.1. The van der Waals surface area contributed by atoms with Crippen molar-refractivity contribution in [2.24, 2.45) is 65.1 Å². The summed E-state index contributed by atoms with van der Waals surface area (Å²) in [5, 5.41) is 0. The van der Waals surface area contributed by atoms with Gasteiger partial charge < -0.3 is 0 Å². The summed E-state index contributed by atoms with van der Waals surface area (Å²) in [6, 6.07) is 0. The predicted octanol–water partition coefficient (Wildman–Crippen LogP) is 7.60. The van der Waals surface area contributed by atoms with Gasteiger partial charge in [-0.15, -0.1) is 0 Å². The van der Waals surface area contributed by atoms with Crippen molar-refractivity contribution in [1.29, 1.82) is 0 Å². The second kappa shape index (κ2) is 7.29. The summed E-state index contributed by atoms with van der Waals surface area (Å²) in [6.07, 6.45) is 11.9. The molecule has 11 unspecified atom stereocenters. The largest absolute Gasteiger partial charge is 0.0996 e. The maximum absolute atomic E-state index is 4.44. The van der Waals surface area contributed by atoms with E-state index in [0.717, 1.165) is 65.1 Å². The monoisotopic (exact) mass is 356 g/mol. The molecule has 4 aliphatic rings. The van der Waals surface area contributed by atoms with Crippen molar-refractivity contribution in [3.63, 3.8) is 0 Å². The molecule has 0 aromatic heterocycles. The van der Waals surface area contributed by atoms with Gasteiger partial charge in [-0.1, -0.05) is 59.6 Å². The van der Waals surface area contributed by atoms with E-state index in [0.29, 0.717) is 0 Å². The van der Waals surface area contributed by atoms with Crippen molar-refractivity contribution in [3.05, 3.63) is 12.2 Å². The molecule has 0 radical (unpaired) electrons. The zero-order valence-corrected chi connectivity index (χ0v) is 18.2. The fourth-order valence-corrected chi connectivity index (χ4v) is 8.30. The van der Waals surface area contributed by atoms with Gasteiger partial charge in [-0.05, 0) is 104 Å². The highest BCUT2D eigenvalue weighted by Gasteiger charge is 2.51. The first-order chi connectivity index (χ1) is 12.4. The molecule has 4 rings (SSSR count). The molecule has 0 spiro atoms. The molecular weight excluding hydrogens is 312 g/mol. The van der Waals surface area contributed by atoms with Crippen molar-refractivity contribution in [1.82, 2.24) is 0 Å². The lowest BCUT2D eigenvalue weighted by atomic mass is 9.48. The zero-order valence-electron chi connectivity index (χ0n) is 18.2. The number of fused-ring (bicyclic) bond motifs is 2. The van der Waals surface area contributed by atoms with Crippen LogP contribution in [0.2, 0.25) is 0 Å². The second-order valence-electron chi connectivity index (χ2n) is 11.5. The molecule has 0 saturated heterocycles. The highest BCUT2D eigenvalue weighted by Crippen LogP contribution is 2.59. The predicted molar refractivity (Wildman–Crippen MR) is 113 cm³/mol. The third kappa shape index (κ3) is 3.22. The standard InChI is InChI=1S/C26H44/c1-15-7-9-21-11-17(3)19(5)13-23(21)25(15)26-16(2)8-10-22-12-18(4)20(6)14-24(22)26/h15-16,18-26H,3,7-14H2,1-2,4-6H3. The van der Waals surface area contributed by atoms with Gasteiger partial charge in [0.2, 0.25) is 0 Å². The van der Waals surface area contributed by atoms with Crippen molar-refractivity contribution in [2.45, 2.75) is 86.0 Å². The molecule has 0 aromatic rings. The molecule has 148 valence electrons. The highest BCUT2D eigenvalue weighted by atomic mass is 14.6. The minimum atomic E-state index is 0.768. The fraction of sp³-hybridized carbons (Fsp3) is 0.923. The minimum absolute atomic E-state index is 0.768. The van der Waals surface area contributed by atoms with E-state index in [2.05, 4.69) is 41.2 Å². The van der Waals surface area contributed by atoms with Gasteiger partial charge in [0.15, 0.2) is 0 Å². The van der Waals surface area contributed by atoms with E-state index >= 15 is 0 Å². The van der Waals surface area contributed by atoms with Gasteiger partial charge in [0, 0.05) is 0 Å².